The highest BCUT2D eigenvalue weighted by Gasteiger charge is 2.25. The second-order valence-corrected chi connectivity index (χ2v) is 6.71. The zero-order valence-electron chi connectivity index (χ0n) is 14.4. The minimum atomic E-state index is -0.0215. The highest BCUT2D eigenvalue weighted by Crippen LogP contribution is 2.29. The minimum Gasteiger partial charge on any atom is -0.349 e. The first kappa shape index (κ1) is 16.7. The number of aryl methyl sites for hydroxylation is 1. The first-order valence-electron chi connectivity index (χ1n) is 8.65. The molecule has 1 atom stereocenters. The average molecular weight is 331 g/mol. The van der Waals surface area contributed by atoms with Gasteiger partial charge < -0.3 is 15.1 Å². The van der Waals surface area contributed by atoms with Crippen molar-refractivity contribution < 1.29 is 9.59 Å². The van der Waals surface area contributed by atoms with Gasteiger partial charge in [-0.25, -0.2) is 9.97 Å². The van der Waals surface area contributed by atoms with Gasteiger partial charge in [0.2, 0.25) is 17.8 Å². The first-order valence-corrected chi connectivity index (χ1v) is 8.65. The van der Waals surface area contributed by atoms with Gasteiger partial charge in [-0.1, -0.05) is 0 Å². The molecule has 7 nitrogen and oxygen atoms in total. The van der Waals surface area contributed by atoms with Crippen LogP contribution in [-0.2, 0) is 16.0 Å². The summed E-state index contributed by atoms with van der Waals surface area (Å²) in [6, 6.07) is -0.0215. The lowest BCUT2D eigenvalue weighted by Crippen LogP contribution is -2.35. The molecular formula is C17H25N5O2. The van der Waals surface area contributed by atoms with Gasteiger partial charge in [0.15, 0.2) is 0 Å². The van der Waals surface area contributed by atoms with E-state index < -0.39 is 0 Å². The summed E-state index contributed by atoms with van der Waals surface area (Å²) in [4.78, 5) is 36.5. The Morgan fingerprint density at radius 2 is 2.21 bits per heavy atom. The molecule has 1 N–H and O–H groups in total. The van der Waals surface area contributed by atoms with Gasteiger partial charge in [-0.15, -0.1) is 0 Å². The Balaban J connectivity index is 1.60. The highest BCUT2D eigenvalue weighted by atomic mass is 16.2. The Hall–Kier alpha value is -2.18. The number of nitrogens with zero attached hydrogens (tertiary/aromatic N) is 4. The van der Waals surface area contributed by atoms with Gasteiger partial charge in [0.1, 0.15) is 0 Å². The molecule has 7 heteroatoms. The van der Waals surface area contributed by atoms with Crippen molar-refractivity contribution in [1.82, 2.24) is 20.2 Å². The summed E-state index contributed by atoms with van der Waals surface area (Å²) in [7, 11) is 3.84. The molecule has 0 spiro atoms. The van der Waals surface area contributed by atoms with E-state index in [1.54, 1.807) is 4.90 Å². The van der Waals surface area contributed by atoms with Crippen LogP contribution in [0.25, 0.3) is 0 Å². The zero-order valence-corrected chi connectivity index (χ0v) is 14.4. The molecule has 0 aromatic carbocycles. The van der Waals surface area contributed by atoms with Gasteiger partial charge in [0.05, 0.1) is 11.7 Å². The minimum absolute atomic E-state index is 0.00997. The van der Waals surface area contributed by atoms with E-state index in [9.17, 15) is 9.59 Å². The summed E-state index contributed by atoms with van der Waals surface area (Å²) >= 11 is 0. The van der Waals surface area contributed by atoms with Crippen molar-refractivity contribution in [3.63, 3.8) is 0 Å². The predicted molar refractivity (Wildman–Crippen MR) is 90.6 cm³/mol. The Kier molecular flexibility index (Phi) is 4.97. The predicted octanol–water partition coefficient (Wildman–Crippen LogP) is 1.05. The van der Waals surface area contributed by atoms with E-state index in [4.69, 9.17) is 0 Å². The Morgan fingerprint density at radius 1 is 1.38 bits per heavy atom. The topological polar surface area (TPSA) is 78.4 Å². The van der Waals surface area contributed by atoms with E-state index in [1.165, 1.54) is 0 Å². The molecule has 1 aromatic heterocycles. The van der Waals surface area contributed by atoms with E-state index in [0.29, 0.717) is 25.3 Å². The molecule has 1 unspecified atom stereocenters. The van der Waals surface area contributed by atoms with Crippen LogP contribution in [0.2, 0.25) is 0 Å². The fourth-order valence-corrected chi connectivity index (χ4v) is 3.35. The number of hydrogen-bond donors (Lipinski definition) is 1. The van der Waals surface area contributed by atoms with Crippen LogP contribution in [0.15, 0.2) is 6.20 Å². The van der Waals surface area contributed by atoms with Crippen molar-refractivity contribution in [3.05, 3.63) is 17.5 Å². The van der Waals surface area contributed by atoms with E-state index in [2.05, 4.69) is 15.3 Å². The van der Waals surface area contributed by atoms with E-state index in [-0.39, 0.29) is 17.9 Å². The number of aromatic nitrogens is 2. The number of nitrogens with one attached hydrogen (secondary N) is 1. The molecule has 2 aliphatic rings. The molecule has 1 saturated heterocycles. The maximum Gasteiger partial charge on any atom is 0.225 e. The van der Waals surface area contributed by atoms with Crippen LogP contribution >= 0.6 is 0 Å². The second kappa shape index (κ2) is 7.15. The van der Waals surface area contributed by atoms with Gasteiger partial charge in [-0.2, -0.15) is 0 Å². The molecule has 0 bridgehead atoms. The Bertz CT molecular complexity index is 631. The number of carbonyl (C=O) groups is 2. The largest absolute Gasteiger partial charge is 0.349 e. The van der Waals surface area contributed by atoms with Crippen LogP contribution in [0, 0.1) is 0 Å². The van der Waals surface area contributed by atoms with Crippen molar-refractivity contribution in [2.24, 2.45) is 0 Å². The molecule has 2 amide bonds. The van der Waals surface area contributed by atoms with Gasteiger partial charge in [-0.3, -0.25) is 9.59 Å². The van der Waals surface area contributed by atoms with Gasteiger partial charge in [-0.05, 0) is 25.7 Å². The molecule has 1 aliphatic heterocycles. The van der Waals surface area contributed by atoms with Gasteiger partial charge in [0.25, 0.3) is 0 Å². The third kappa shape index (κ3) is 3.66. The van der Waals surface area contributed by atoms with Crippen LogP contribution in [0.4, 0.5) is 5.95 Å². The summed E-state index contributed by atoms with van der Waals surface area (Å²) in [6.45, 7) is 1.29. The number of rotatable bonds is 5. The highest BCUT2D eigenvalue weighted by molar-refractivity contribution is 5.80. The summed E-state index contributed by atoms with van der Waals surface area (Å²) in [6.07, 6.45) is 6.55. The normalized spacial score (nSPS) is 20.0. The number of carbonyl (C=O) groups excluding carboxylic acids is 2. The number of fused-ring (bicyclic) bond motifs is 1. The quantitative estimate of drug-likeness (QED) is 0.872. The Labute approximate surface area is 142 Å². The standard InChI is InChI=1S/C17H25N5O2/c1-21(2)17-18-11-12-13(5-3-6-14(12)20-17)19-15(23)8-10-22-9-4-7-16(22)24/h11,13H,3-10H2,1-2H3,(H,19,23). The lowest BCUT2D eigenvalue weighted by Gasteiger charge is -2.26. The van der Waals surface area contributed by atoms with E-state index in [1.807, 2.05) is 25.2 Å². The smallest absolute Gasteiger partial charge is 0.225 e. The summed E-state index contributed by atoms with van der Waals surface area (Å²) in [5.41, 5.74) is 2.05. The Morgan fingerprint density at radius 3 is 2.92 bits per heavy atom. The first-order chi connectivity index (χ1) is 11.5. The fourth-order valence-electron chi connectivity index (χ4n) is 3.35. The summed E-state index contributed by atoms with van der Waals surface area (Å²) in [5, 5.41) is 3.09. The average Bonchev–Trinajstić information content (AvgIpc) is 2.98. The zero-order chi connectivity index (χ0) is 17.1. The van der Waals surface area contributed by atoms with Crippen LogP contribution in [-0.4, -0.2) is 53.9 Å². The fraction of sp³-hybridized carbons (Fsp3) is 0.647. The van der Waals surface area contributed by atoms with Crippen molar-refractivity contribution in [2.75, 3.05) is 32.1 Å². The van der Waals surface area contributed by atoms with Gasteiger partial charge in [0, 0.05) is 51.8 Å². The molecule has 1 aromatic rings. The summed E-state index contributed by atoms with van der Waals surface area (Å²) < 4.78 is 0. The molecule has 1 fully saturated rings. The van der Waals surface area contributed by atoms with Crippen molar-refractivity contribution >= 4 is 17.8 Å². The summed E-state index contributed by atoms with van der Waals surface area (Å²) in [5.74, 6) is 0.855. The van der Waals surface area contributed by atoms with Crippen LogP contribution in [0.1, 0.15) is 49.4 Å². The lowest BCUT2D eigenvalue weighted by atomic mass is 9.92. The molecule has 130 valence electrons. The monoisotopic (exact) mass is 331 g/mol. The number of hydrogen-bond acceptors (Lipinski definition) is 5. The van der Waals surface area contributed by atoms with Crippen LogP contribution < -0.4 is 10.2 Å². The van der Waals surface area contributed by atoms with Crippen molar-refractivity contribution in [3.8, 4) is 0 Å². The third-order valence-electron chi connectivity index (χ3n) is 4.68. The maximum absolute atomic E-state index is 12.3. The van der Waals surface area contributed by atoms with Crippen LogP contribution in [0.3, 0.4) is 0 Å². The SMILES string of the molecule is CN(C)c1ncc2c(n1)CCCC2NC(=O)CCN1CCCC1=O. The molecule has 2 heterocycles. The van der Waals surface area contributed by atoms with E-state index in [0.717, 1.165) is 43.5 Å². The maximum atomic E-state index is 12.3. The molecule has 0 saturated carbocycles. The van der Waals surface area contributed by atoms with E-state index >= 15 is 0 Å². The van der Waals surface area contributed by atoms with Gasteiger partial charge >= 0.3 is 0 Å². The number of amides is 2. The van der Waals surface area contributed by atoms with Crippen LogP contribution in [0.5, 0.6) is 0 Å². The number of anilines is 1. The lowest BCUT2D eigenvalue weighted by molar-refractivity contribution is -0.128. The molecule has 1 aliphatic carbocycles. The number of likely N-dealkylation sites (tertiary alicyclic amines) is 1. The molecule has 0 radical (unpaired) electrons. The third-order valence-corrected chi connectivity index (χ3v) is 4.68. The molecule has 3 rings (SSSR count). The second-order valence-electron chi connectivity index (χ2n) is 6.71. The van der Waals surface area contributed by atoms with Crippen molar-refractivity contribution in [2.45, 2.75) is 44.6 Å². The molecular weight excluding hydrogens is 306 g/mol. The molecule has 24 heavy (non-hydrogen) atoms. The van der Waals surface area contributed by atoms with Crippen molar-refractivity contribution in [1.29, 1.82) is 0 Å².